The maximum absolute atomic E-state index is 4.44. The van der Waals surface area contributed by atoms with Crippen LogP contribution in [0.5, 0.6) is 0 Å². The minimum atomic E-state index is 0. The first-order valence-electron chi connectivity index (χ1n) is 6.46. The van der Waals surface area contributed by atoms with E-state index in [1.54, 1.807) is 29.9 Å². The number of thiazole rings is 1. The van der Waals surface area contributed by atoms with Crippen molar-refractivity contribution in [2.75, 3.05) is 20.1 Å². The highest BCUT2D eigenvalue weighted by atomic mass is 35.5. The van der Waals surface area contributed by atoms with Gasteiger partial charge in [0.2, 0.25) is 0 Å². The average molecular weight is 312 g/mol. The van der Waals surface area contributed by atoms with Crippen LogP contribution in [0.25, 0.3) is 10.7 Å². The van der Waals surface area contributed by atoms with E-state index in [-0.39, 0.29) is 12.4 Å². The summed E-state index contributed by atoms with van der Waals surface area (Å²) in [7, 11) is 2.03. The lowest BCUT2D eigenvalue weighted by Gasteiger charge is -2.13. The van der Waals surface area contributed by atoms with Gasteiger partial charge in [-0.3, -0.25) is 14.9 Å². The van der Waals surface area contributed by atoms with Gasteiger partial charge in [-0.2, -0.15) is 0 Å². The summed E-state index contributed by atoms with van der Waals surface area (Å²) in [5.41, 5.74) is 0.855. The van der Waals surface area contributed by atoms with Crippen LogP contribution in [0.1, 0.15) is 11.3 Å². The molecule has 1 fully saturated rings. The highest BCUT2D eigenvalue weighted by molar-refractivity contribution is 7.14. The van der Waals surface area contributed by atoms with Crippen molar-refractivity contribution in [1.29, 1.82) is 0 Å². The minimum absolute atomic E-state index is 0. The largest absolute Gasteiger partial charge is 0.316 e. The third-order valence-corrected chi connectivity index (χ3v) is 4.40. The second-order valence-electron chi connectivity index (χ2n) is 4.73. The molecule has 1 unspecified atom stereocenters. The molecule has 2 aromatic rings. The van der Waals surface area contributed by atoms with Crippen molar-refractivity contribution in [2.24, 2.45) is 0 Å². The molecular weight excluding hydrogens is 294 g/mol. The van der Waals surface area contributed by atoms with E-state index in [0.717, 1.165) is 30.3 Å². The van der Waals surface area contributed by atoms with Gasteiger partial charge < -0.3 is 5.32 Å². The Morgan fingerprint density at radius 3 is 2.95 bits per heavy atom. The Kier molecular flexibility index (Phi) is 5.42. The van der Waals surface area contributed by atoms with Gasteiger partial charge in [0.25, 0.3) is 0 Å². The molecule has 0 spiro atoms. The molecule has 108 valence electrons. The molecule has 0 radical (unpaired) electrons. The SMILES string of the molecule is CNC1CCN(Cc2cnc(-c3cnccn3)s2)C1.Cl. The van der Waals surface area contributed by atoms with Gasteiger partial charge in [-0.05, 0) is 13.5 Å². The fourth-order valence-electron chi connectivity index (χ4n) is 2.34. The van der Waals surface area contributed by atoms with Gasteiger partial charge in [0.05, 0.1) is 6.20 Å². The van der Waals surface area contributed by atoms with Crippen LogP contribution in [0.2, 0.25) is 0 Å². The standard InChI is InChI=1S/C13H17N5S.ClH/c1-14-10-2-5-18(8-10)9-11-6-17-13(19-11)12-7-15-3-4-16-12;/h3-4,6-7,10,14H,2,5,8-9H2,1H3;1H. The topological polar surface area (TPSA) is 53.9 Å². The fraction of sp³-hybridized carbons (Fsp3) is 0.462. The van der Waals surface area contributed by atoms with Gasteiger partial charge in [-0.25, -0.2) is 4.98 Å². The van der Waals surface area contributed by atoms with Gasteiger partial charge in [0.1, 0.15) is 10.7 Å². The van der Waals surface area contributed by atoms with E-state index in [2.05, 4.69) is 25.2 Å². The zero-order chi connectivity index (χ0) is 13.1. The third-order valence-electron chi connectivity index (χ3n) is 3.40. The first-order valence-corrected chi connectivity index (χ1v) is 7.27. The van der Waals surface area contributed by atoms with E-state index < -0.39 is 0 Å². The molecule has 0 bridgehead atoms. The van der Waals surface area contributed by atoms with E-state index in [1.165, 1.54) is 11.3 Å². The second-order valence-corrected chi connectivity index (χ2v) is 5.85. The van der Waals surface area contributed by atoms with Crippen LogP contribution < -0.4 is 5.32 Å². The van der Waals surface area contributed by atoms with E-state index in [9.17, 15) is 0 Å². The van der Waals surface area contributed by atoms with E-state index in [0.29, 0.717) is 6.04 Å². The Labute approximate surface area is 128 Å². The van der Waals surface area contributed by atoms with Crippen LogP contribution >= 0.6 is 23.7 Å². The van der Waals surface area contributed by atoms with Crippen molar-refractivity contribution in [3.05, 3.63) is 29.7 Å². The van der Waals surface area contributed by atoms with Crippen LogP contribution in [-0.2, 0) is 6.54 Å². The van der Waals surface area contributed by atoms with E-state index >= 15 is 0 Å². The number of likely N-dealkylation sites (tertiary alicyclic amines) is 1. The van der Waals surface area contributed by atoms with Crippen LogP contribution in [0.4, 0.5) is 0 Å². The average Bonchev–Trinajstić information content (AvgIpc) is 3.09. The van der Waals surface area contributed by atoms with Gasteiger partial charge in [0.15, 0.2) is 0 Å². The molecular formula is C13H18ClN5S. The summed E-state index contributed by atoms with van der Waals surface area (Å²) >= 11 is 1.71. The first-order chi connectivity index (χ1) is 9.35. The van der Waals surface area contributed by atoms with E-state index in [1.807, 2.05) is 13.2 Å². The van der Waals surface area contributed by atoms with Crippen molar-refractivity contribution < 1.29 is 0 Å². The number of hydrogen-bond donors (Lipinski definition) is 1. The molecule has 0 saturated carbocycles. The lowest BCUT2D eigenvalue weighted by atomic mass is 10.3. The normalized spacial score (nSPS) is 18.9. The summed E-state index contributed by atoms with van der Waals surface area (Å²) in [5.74, 6) is 0. The predicted molar refractivity (Wildman–Crippen MR) is 83.1 cm³/mol. The Balaban J connectivity index is 0.00000147. The summed E-state index contributed by atoms with van der Waals surface area (Å²) < 4.78 is 0. The Bertz CT molecular complexity index is 533. The quantitative estimate of drug-likeness (QED) is 0.933. The number of halogens is 1. The lowest BCUT2D eigenvalue weighted by Crippen LogP contribution is -2.29. The molecule has 1 N–H and O–H groups in total. The molecule has 1 aliphatic heterocycles. The lowest BCUT2D eigenvalue weighted by molar-refractivity contribution is 0.325. The number of likely N-dealkylation sites (N-methyl/N-ethyl adjacent to an activating group) is 1. The van der Waals surface area contributed by atoms with Crippen LogP contribution in [0, 0.1) is 0 Å². The van der Waals surface area contributed by atoms with Crippen LogP contribution in [0.15, 0.2) is 24.8 Å². The molecule has 1 aliphatic rings. The number of aromatic nitrogens is 3. The first kappa shape index (κ1) is 15.3. The Morgan fingerprint density at radius 2 is 2.25 bits per heavy atom. The molecule has 3 heterocycles. The van der Waals surface area contributed by atoms with Crippen molar-refractivity contribution in [2.45, 2.75) is 19.0 Å². The fourth-order valence-corrected chi connectivity index (χ4v) is 3.26. The third kappa shape index (κ3) is 3.52. The summed E-state index contributed by atoms with van der Waals surface area (Å²) in [4.78, 5) is 16.6. The molecule has 2 aromatic heterocycles. The summed E-state index contributed by atoms with van der Waals surface area (Å²) in [6.45, 7) is 3.26. The molecule has 0 aliphatic carbocycles. The maximum Gasteiger partial charge on any atom is 0.143 e. The van der Waals surface area contributed by atoms with Crippen molar-refractivity contribution in [1.82, 2.24) is 25.2 Å². The van der Waals surface area contributed by atoms with Crippen molar-refractivity contribution >= 4 is 23.7 Å². The highest BCUT2D eigenvalue weighted by Crippen LogP contribution is 2.24. The van der Waals surface area contributed by atoms with Gasteiger partial charge in [-0.15, -0.1) is 23.7 Å². The van der Waals surface area contributed by atoms with Crippen molar-refractivity contribution in [3.8, 4) is 10.7 Å². The van der Waals surface area contributed by atoms with Crippen LogP contribution in [0.3, 0.4) is 0 Å². The number of rotatable bonds is 4. The van der Waals surface area contributed by atoms with Crippen LogP contribution in [-0.4, -0.2) is 46.0 Å². The van der Waals surface area contributed by atoms with Gasteiger partial charge >= 0.3 is 0 Å². The Morgan fingerprint density at radius 1 is 1.35 bits per heavy atom. The summed E-state index contributed by atoms with van der Waals surface area (Å²) in [6, 6.07) is 0.632. The zero-order valence-electron chi connectivity index (χ0n) is 11.3. The Hall–Kier alpha value is -1.08. The molecule has 1 saturated heterocycles. The van der Waals surface area contributed by atoms with E-state index in [4.69, 9.17) is 0 Å². The molecule has 1 atom stereocenters. The number of nitrogens with one attached hydrogen (secondary N) is 1. The predicted octanol–water partition coefficient (Wildman–Crippen LogP) is 1.82. The molecule has 3 rings (SSSR count). The number of nitrogens with zero attached hydrogens (tertiary/aromatic N) is 4. The second kappa shape index (κ2) is 7.08. The molecule has 5 nitrogen and oxygen atoms in total. The van der Waals surface area contributed by atoms with Gasteiger partial charge in [-0.1, -0.05) is 0 Å². The zero-order valence-corrected chi connectivity index (χ0v) is 13.0. The maximum atomic E-state index is 4.44. The summed E-state index contributed by atoms with van der Waals surface area (Å²) in [5, 5.41) is 4.29. The van der Waals surface area contributed by atoms with Gasteiger partial charge in [0, 0.05) is 49.1 Å². The molecule has 0 amide bonds. The molecule has 7 heteroatoms. The van der Waals surface area contributed by atoms with Crippen molar-refractivity contribution in [3.63, 3.8) is 0 Å². The molecule has 20 heavy (non-hydrogen) atoms. The highest BCUT2D eigenvalue weighted by Gasteiger charge is 2.21. The summed E-state index contributed by atoms with van der Waals surface area (Å²) in [6.07, 6.45) is 8.33. The number of hydrogen-bond acceptors (Lipinski definition) is 6. The minimum Gasteiger partial charge on any atom is -0.316 e. The molecule has 0 aromatic carbocycles. The smallest absolute Gasteiger partial charge is 0.143 e. The monoisotopic (exact) mass is 311 g/mol.